The van der Waals surface area contributed by atoms with Crippen LogP contribution in [-0.4, -0.2) is 28.7 Å². The number of thiophene rings is 1. The average Bonchev–Trinajstić information content (AvgIpc) is 3.42. The highest BCUT2D eigenvalue weighted by Crippen LogP contribution is 2.34. The molecule has 5 rings (SSSR count). The van der Waals surface area contributed by atoms with Gasteiger partial charge in [0.2, 0.25) is 0 Å². The number of benzene rings is 2. The summed E-state index contributed by atoms with van der Waals surface area (Å²) in [5, 5.41) is 2.01. The summed E-state index contributed by atoms with van der Waals surface area (Å²) in [4.78, 5) is 43.8. The van der Waals surface area contributed by atoms with E-state index in [1.54, 1.807) is 29.5 Å². The number of fused-ring (bicyclic) bond motifs is 1. The topological polar surface area (TPSA) is 57.7 Å². The fourth-order valence-electron chi connectivity index (χ4n) is 4.04. The molecule has 3 amide bonds. The lowest BCUT2D eigenvalue weighted by atomic mass is 10.0. The number of amides is 3. The molecule has 156 valence electrons. The number of hydrogen-bond acceptors (Lipinski definition) is 4. The summed E-state index contributed by atoms with van der Waals surface area (Å²) < 4.78 is 0. The maximum absolute atomic E-state index is 13.3. The zero-order chi connectivity index (χ0) is 21.7. The summed E-state index contributed by atoms with van der Waals surface area (Å²) in [6, 6.07) is 14.8. The van der Waals surface area contributed by atoms with Crippen LogP contribution in [0.2, 0.25) is 0 Å². The van der Waals surface area contributed by atoms with E-state index in [4.69, 9.17) is 0 Å². The first kappa shape index (κ1) is 19.7. The first-order valence-electron chi connectivity index (χ1n) is 10.4. The number of carbonyl (C=O) groups is 3. The smallest absolute Gasteiger partial charge is 0.266 e. The Balaban J connectivity index is 1.47. The molecule has 0 spiro atoms. The molecule has 2 heterocycles. The van der Waals surface area contributed by atoms with E-state index in [1.807, 2.05) is 54.5 Å². The van der Waals surface area contributed by atoms with Crippen molar-refractivity contribution in [1.82, 2.24) is 4.90 Å². The number of anilines is 1. The molecule has 1 saturated carbocycles. The van der Waals surface area contributed by atoms with Crippen LogP contribution in [0.15, 0.2) is 53.9 Å². The average molecular weight is 431 g/mol. The van der Waals surface area contributed by atoms with E-state index in [1.165, 1.54) is 4.90 Å². The molecule has 1 aliphatic heterocycles. The summed E-state index contributed by atoms with van der Waals surface area (Å²) in [7, 11) is 0. The largest absolute Gasteiger partial charge is 0.331 e. The molecule has 0 atom stereocenters. The number of nitrogens with zero attached hydrogens (tertiary/aromatic N) is 2. The molecule has 2 aliphatic rings. The van der Waals surface area contributed by atoms with E-state index in [-0.39, 0.29) is 23.8 Å². The van der Waals surface area contributed by atoms with Crippen LogP contribution < -0.4 is 4.90 Å². The highest BCUT2D eigenvalue weighted by Gasteiger charge is 2.39. The second-order valence-electron chi connectivity index (χ2n) is 8.24. The molecule has 1 aromatic heterocycles. The van der Waals surface area contributed by atoms with Crippen molar-refractivity contribution in [2.75, 3.05) is 4.90 Å². The summed E-state index contributed by atoms with van der Waals surface area (Å²) in [6.45, 7) is 4.38. The molecule has 0 unspecified atom stereocenters. The Hall–Kier alpha value is -3.25. The third kappa shape index (κ3) is 3.47. The Labute approximate surface area is 184 Å². The van der Waals surface area contributed by atoms with Gasteiger partial charge in [-0.15, -0.1) is 11.3 Å². The summed E-state index contributed by atoms with van der Waals surface area (Å²) in [5.41, 5.74) is 3.51. The SMILES string of the molecule is Cc1ccc(C)c(N2C(=O)c3ccc(C(=O)N(Cc4cccs4)C4CC4)cc3C2=O)c1. The van der Waals surface area contributed by atoms with Crippen LogP contribution in [0, 0.1) is 13.8 Å². The van der Waals surface area contributed by atoms with Crippen LogP contribution in [0.5, 0.6) is 0 Å². The normalized spacial score (nSPS) is 15.4. The minimum absolute atomic E-state index is 0.0934. The summed E-state index contributed by atoms with van der Waals surface area (Å²) in [5.74, 6) is -0.811. The lowest BCUT2D eigenvalue weighted by Gasteiger charge is -2.22. The van der Waals surface area contributed by atoms with Crippen molar-refractivity contribution in [3.05, 3.63) is 86.6 Å². The van der Waals surface area contributed by atoms with E-state index >= 15 is 0 Å². The Kier molecular flexibility index (Phi) is 4.74. The van der Waals surface area contributed by atoms with Crippen molar-refractivity contribution in [3.63, 3.8) is 0 Å². The highest BCUT2D eigenvalue weighted by atomic mass is 32.1. The number of hydrogen-bond donors (Lipinski definition) is 0. The van der Waals surface area contributed by atoms with Crippen LogP contribution in [-0.2, 0) is 6.54 Å². The van der Waals surface area contributed by atoms with Gasteiger partial charge < -0.3 is 4.90 Å². The van der Waals surface area contributed by atoms with Gasteiger partial charge in [-0.05, 0) is 73.5 Å². The Morgan fingerprint density at radius 3 is 2.52 bits per heavy atom. The maximum Gasteiger partial charge on any atom is 0.266 e. The van der Waals surface area contributed by atoms with Gasteiger partial charge in [-0.3, -0.25) is 14.4 Å². The van der Waals surface area contributed by atoms with Crippen LogP contribution in [0.3, 0.4) is 0 Å². The minimum Gasteiger partial charge on any atom is -0.331 e. The molecule has 6 heteroatoms. The Bertz CT molecular complexity index is 1210. The zero-order valence-electron chi connectivity index (χ0n) is 17.4. The molecule has 3 aromatic rings. The van der Waals surface area contributed by atoms with Gasteiger partial charge in [-0.1, -0.05) is 18.2 Å². The first-order valence-corrected chi connectivity index (χ1v) is 11.3. The highest BCUT2D eigenvalue weighted by molar-refractivity contribution is 7.09. The van der Waals surface area contributed by atoms with Gasteiger partial charge in [-0.25, -0.2) is 4.90 Å². The van der Waals surface area contributed by atoms with Crippen molar-refractivity contribution < 1.29 is 14.4 Å². The quantitative estimate of drug-likeness (QED) is 0.537. The van der Waals surface area contributed by atoms with Gasteiger partial charge in [0.1, 0.15) is 0 Å². The molecule has 2 aromatic carbocycles. The second-order valence-corrected chi connectivity index (χ2v) is 9.27. The molecule has 5 nitrogen and oxygen atoms in total. The van der Waals surface area contributed by atoms with E-state index in [0.717, 1.165) is 28.8 Å². The second kappa shape index (κ2) is 7.46. The predicted octanol–water partition coefficient (Wildman–Crippen LogP) is 4.97. The summed E-state index contributed by atoms with van der Waals surface area (Å²) >= 11 is 1.63. The fraction of sp³-hybridized carbons (Fsp3) is 0.240. The zero-order valence-corrected chi connectivity index (χ0v) is 18.2. The molecule has 1 aliphatic carbocycles. The van der Waals surface area contributed by atoms with E-state index < -0.39 is 0 Å². The monoisotopic (exact) mass is 430 g/mol. The number of aryl methyl sites for hydroxylation is 2. The van der Waals surface area contributed by atoms with Crippen LogP contribution in [0.1, 0.15) is 59.9 Å². The van der Waals surface area contributed by atoms with E-state index in [0.29, 0.717) is 28.9 Å². The molecule has 1 fully saturated rings. The third-order valence-corrected chi connectivity index (χ3v) is 6.75. The van der Waals surface area contributed by atoms with Crippen molar-refractivity contribution >= 4 is 34.7 Å². The minimum atomic E-state index is -0.375. The number of carbonyl (C=O) groups excluding carboxylic acids is 3. The van der Waals surface area contributed by atoms with E-state index in [9.17, 15) is 14.4 Å². The molecule has 0 saturated heterocycles. The van der Waals surface area contributed by atoms with Crippen LogP contribution in [0.4, 0.5) is 5.69 Å². The van der Waals surface area contributed by atoms with Crippen molar-refractivity contribution in [2.24, 2.45) is 0 Å². The van der Waals surface area contributed by atoms with Crippen molar-refractivity contribution in [3.8, 4) is 0 Å². The lowest BCUT2D eigenvalue weighted by Crippen LogP contribution is -2.32. The molecule has 0 bridgehead atoms. The Morgan fingerprint density at radius 1 is 1.03 bits per heavy atom. The van der Waals surface area contributed by atoms with Gasteiger partial charge in [-0.2, -0.15) is 0 Å². The van der Waals surface area contributed by atoms with Gasteiger partial charge in [0, 0.05) is 16.5 Å². The van der Waals surface area contributed by atoms with Crippen LogP contribution >= 0.6 is 11.3 Å². The van der Waals surface area contributed by atoms with Gasteiger partial charge in [0.05, 0.1) is 23.4 Å². The fourth-order valence-corrected chi connectivity index (χ4v) is 4.74. The lowest BCUT2D eigenvalue weighted by molar-refractivity contribution is 0.0731. The van der Waals surface area contributed by atoms with E-state index in [2.05, 4.69) is 0 Å². The Morgan fingerprint density at radius 2 is 1.81 bits per heavy atom. The molecule has 0 N–H and O–H groups in total. The summed E-state index contributed by atoms with van der Waals surface area (Å²) in [6.07, 6.45) is 2.00. The number of rotatable bonds is 5. The van der Waals surface area contributed by atoms with Gasteiger partial charge >= 0.3 is 0 Å². The van der Waals surface area contributed by atoms with Crippen LogP contribution in [0.25, 0.3) is 0 Å². The molecule has 0 radical (unpaired) electrons. The van der Waals surface area contributed by atoms with Gasteiger partial charge in [0.15, 0.2) is 0 Å². The predicted molar refractivity (Wildman–Crippen MR) is 121 cm³/mol. The molecular formula is C25H22N2O3S. The van der Waals surface area contributed by atoms with Crippen molar-refractivity contribution in [2.45, 2.75) is 39.3 Å². The third-order valence-electron chi connectivity index (χ3n) is 5.89. The molecule has 31 heavy (non-hydrogen) atoms. The first-order chi connectivity index (χ1) is 14.9. The maximum atomic E-state index is 13.3. The number of imide groups is 1. The standard InChI is InChI=1S/C25H22N2O3S/c1-15-5-6-16(2)22(12-15)27-24(29)20-10-7-17(13-21(20)25(27)30)23(28)26(18-8-9-18)14-19-4-3-11-31-19/h3-7,10-13,18H,8-9,14H2,1-2H3. The van der Waals surface area contributed by atoms with Gasteiger partial charge in [0.25, 0.3) is 17.7 Å². The molecular weight excluding hydrogens is 408 g/mol. The van der Waals surface area contributed by atoms with Crippen molar-refractivity contribution in [1.29, 1.82) is 0 Å².